The zero-order valence-corrected chi connectivity index (χ0v) is 11.1. The SMILES string of the molecule is NCCNC(=O)c1sc(N2CCCCC2)nc1N. The van der Waals surface area contributed by atoms with Gasteiger partial charge < -0.3 is 21.7 Å². The minimum Gasteiger partial charge on any atom is -0.382 e. The number of amides is 1. The molecule has 2 heterocycles. The van der Waals surface area contributed by atoms with Crippen LogP contribution in [-0.4, -0.2) is 37.1 Å². The molecule has 1 saturated heterocycles. The third kappa shape index (κ3) is 2.91. The first-order chi connectivity index (χ1) is 8.72. The predicted octanol–water partition coefficient (Wildman–Crippen LogP) is 0.404. The van der Waals surface area contributed by atoms with Gasteiger partial charge in [-0.2, -0.15) is 0 Å². The maximum absolute atomic E-state index is 11.8. The minimum absolute atomic E-state index is 0.182. The second-order valence-electron chi connectivity index (χ2n) is 4.30. The van der Waals surface area contributed by atoms with E-state index in [9.17, 15) is 4.79 Å². The molecule has 2 rings (SSSR count). The van der Waals surface area contributed by atoms with Crippen molar-refractivity contribution in [2.45, 2.75) is 19.3 Å². The molecule has 6 nitrogen and oxygen atoms in total. The van der Waals surface area contributed by atoms with E-state index in [0.717, 1.165) is 18.2 Å². The van der Waals surface area contributed by atoms with Crippen LogP contribution in [0.15, 0.2) is 0 Å². The number of hydrogen-bond acceptors (Lipinski definition) is 6. The molecule has 0 radical (unpaired) electrons. The Morgan fingerprint density at radius 3 is 2.78 bits per heavy atom. The van der Waals surface area contributed by atoms with Gasteiger partial charge in [-0.1, -0.05) is 11.3 Å². The summed E-state index contributed by atoms with van der Waals surface area (Å²) >= 11 is 1.36. The molecule has 0 bridgehead atoms. The van der Waals surface area contributed by atoms with E-state index in [0.29, 0.717) is 23.8 Å². The van der Waals surface area contributed by atoms with E-state index in [1.54, 1.807) is 0 Å². The Bertz CT molecular complexity index is 414. The van der Waals surface area contributed by atoms with Crippen molar-refractivity contribution in [3.8, 4) is 0 Å². The van der Waals surface area contributed by atoms with Crippen LogP contribution >= 0.6 is 11.3 Å². The van der Waals surface area contributed by atoms with E-state index >= 15 is 0 Å². The molecule has 1 aromatic rings. The topological polar surface area (TPSA) is 97.3 Å². The summed E-state index contributed by atoms with van der Waals surface area (Å²) in [6, 6.07) is 0. The normalized spacial score (nSPS) is 15.7. The summed E-state index contributed by atoms with van der Waals surface area (Å²) in [5.74, 6) is 0.133. The molecule has 0 saturated carbocycles. The molecular formula is C11H19N5OS. The Morgan fingerprint density at radius 2 is 2.11 bits per heavy atom. The lowest BCUT2D eigenvalue weighted by molar-refractivity contribution is 0.0959. The highest BCUT2D eigenvalue weighted by molar-refractivity contribution is 7.18. The van der Waals surface area contributed by atoms with Crippen molar-refractivity contribution < 1.29 is 4.79 Å². The summed E-state index contributed by atoms with van der Waals surface area (Å²) in [7, 11) is 0. The molecule has 0 aromatic carbocycles. The number of nitrogen functional groups attached to an aromatic ring is 1. The van der Waals surface area contributed by atoms with Crippen molar-refractivity contribution in [2.24, 2.45) is 5.73 Å². The molecule has 0 aliphatic carbocycles. The second kappa shape index (κ2) is 6.01. The smallest absolute Gasteiger partial charge is 0.265 e. The summed E-state index contributed by atoms with van der Waals surface area (Å²) in [5.41, 5.74) is 11.1. The number of piperidine rings is 1. The van der Waals surface area contributed by atoms with Gasteiger partial charge in [0.05, 0.1) is 0 Å². The quantitative estimate of drug-likeness (QED) is 0.735. The van der Waals surface area contributed by atoms with Crippen LogP contribution in [0.25, 0.3) is 0 Å². The van der Waals surface area contributed by atoms with E-state index in [1.807, 2.05) is 0 Å². The summed E-state index contributed by atoms with van der Waals surface area (Å²) in [5, 5.41) is 3.57. The number of nitrogens with zero attached hydrogens (tertiary/aromatic N) is 2. The number of anilines is 2. The van der Waals surface area contributed by atoms with Gasteiger partial charge in [-0.25, -0.2) is 4.98 Å². The second-order valence-corrected chi connectivity index (χ2v) is 5.28. The van der Waals surface area contributed by atoms with Crippen molar-refractivity contribution in [2.75, 3.05) is 36.8 Å². The summed E-state index contributed by atoms with van der Waals surface area (Å²) in [6.07, 6.45) is 3.61. The van der Waals surface area contributed by atoms with Gasteiger partial charge in [-0.05, 0) is 19.3 Å². The first-order valence-corrected chi connectivity index (χ1v) is 7.03. The predicted molar refractivity (Wildman–Crippen MR) is 74.0 cm³/mol. The van der Waals surface area contributed by atoms with Crippen LogP contribution in [0.3, 0.4) is 0 Å². The lowest BCUT2D eigenvalue weighted by atomic mass is 10.1. The average molecular weight is 269 g/mol. The van der Waals surface area contributed by atoms with Gasteiger partial charge in [-0.15, -0.1) is 0 Å². The number of aromatic nitrogens is 1. The Labute approximate surface area is 110 Å². The van der Waals surface area contributed by atoms with Crippen LogP contribution in [0.5, 0.6) is 0 Å². The number of carbonyl (C=O) groups is 1. The fraction of sp³-hybridized carbons (Fsp3) is 0.636. The van der Waals surface area contributed by atoms with Gasteiger partial charge in [0.15, 0.2) is 5.13 Å². The minimum atomic E-state index is -0.182. The third-order valence-corrected chi connectivity index (χ3v) is 4.04. The Morgan fingerprint density at radius 1 is 1.39 bits per heavy atom. The number of nitrogens with one attached hydrogen (secondary N) is 1. The number of rotatable bonds is 4. The molecule has 1 aromatic heterocycles. The number of hydrogen-bond donors (Lipinski definition) is 3. The first kappa shape index (κ1) is 13.1. The van der Waals surface area contributed by atoms with E-state index in [4.69, 9.17) is 11.5 Å². The molecule has 0 spiro atoms. The van der Waals surface area contributed by atoms with Crippen molar-refractivity contribution >= 4 is 28.2 Å². The Hall–Kier alpha value is -1.34. The average Bonchev–Trinajstić information content (AvgIpc) is 2.79. The van der Waals surface area contributed by atoms with Crippen molar-refractivity contribution in [1.29, 1.82) is 0 Å². The van der Waals surface area contributed by atoms with E-state index in [-0.39, 0.29) is 5.91 Å². The summed E-state index contributed by atoms with van der Waals surface area (Å²) in [6.45, 7) is 2.87. The molecule has 1 amide bonds. The molecular weight excluding hydrogens is 250 g/mol. The lowest BCUT2D eigenvalue weighted by Crippen LogP contribution is -2.29. The van der Waals surface area contributed by atoms with Gasteiger partial charge in [0, 0.05) is 26.2 Å². The maximum Gasteiger partial charge on any atom is 0.265 e. The van der Waals surface area contributed by atoms with Crippen LogP contribution in [0.1, 0.15) is 28.9 Å². The van der Waals surface area contributed by atoms with Gasteiger partial charge in [-0.3, -0.25) is 4.79 Å². The van der Waals surface area contributed by atoms with Crippen molar-refractivity contribution in [1.82, 2.24) is 10.3 Å². The molecule has 1 aliphatic rings. The standard InChI is InChI=1S/C11H19N5OS/c12-4-5-14-10(17)8-9(13)15-11(18-8)16-6-2-1-3-7-16/h1-7,12-13H2,(H,14,17). The monoisotopic (exact) mass is 269 g/mol. The highest BCUT2D eigenvalue weighted by Gasteiger charge is 2.20. The fourth-order valence-corrected chi connectivity index (χ4v) is 2.92. The van der Waals surface area contributed by atoms with Gasteiger partial charge in [0.1, 0.15) is 10.7 Å². The Balaban J connectivity index is 2.08. The van der Waals surface area contributed by atoms with E-state index in [2.05, 4.69) is 15.2 Å². The van der Waals surface area contributed by atoms with Gasteiger partial charge in [0.2, 0.25) is 0 Å². The van der Waals surface area contributed by atoms with Crippen molar-refractivity contribution in [3.63, 3.8) is 0 Å². The number of thiazole rings is 1. The molecule has 7 heteroatoms. The zero-order valence-electron chi connectivity index (χ0n) is 10.3. The van der Waals surface area contributed by atoms with Crippen molar-refractivity contribution in [3.05, 3.63) is 4.88 Å². The molecule has 5 N–H and O–H groups in total. The molecule has 18 heavy (non-hydrogen) atoms. The summed E-state index contributed by atoms with van der Waals surface area (Å²) < 4.78 is 0. The van der Waals surface area contributed by atoms with Gasteiger partial charge in [0.25, 0.3) is 5.91 Å². The van der Waals surface area contributed by atoms with E-state index in [1.165, 1.54) is 30.6 Å². The van der Waals surface area contributed by atoms with E-state index < -0.39 is 0 Å². The van der Waals surface area contributed by atoms with Crippen LogP contribution in [0, 0.1) is 0 Å². The lowest BCUT2D eigenvalue weighted by Gasteiger charge is -2.25. The van der Waals surface area contributed by atoms with Crippen LogP contribution < -0.4 is 21.7 Å². The number of nitrogens with two attached hydrogens (primary N) is 2. The highest BCUT2D eigenvalue weighted by Crippen LogP contribution is 2.29. The zero-order chi connectivity index (χ0) is 13.0. The molecule has 1 aliphatic heterocycles. The number of carbonyl (C=O) groups excluding carboxylic acids is 1. The largest absolute Gasteiger partial charge is 0.382 e. The first-order valence-electron chi connectivity index (χ1n) is 6.22. The van der Waals surface area contributed by atoms with Crippen LogP contribution in [0.4, 0.5) is 10.9 Å². The Kier molecular flexibility index (Phi) is 4.38. The van der Waals surface area contributed by atoms with Crippen LogP contribution in [-0.2, 0) is 0 Å². The molecule has 1 fully saturated rings. The maximum atomic E-state index is 11.8. The fourth-order valence-electron chi connectivity index (χ4n) is 1.97. The molecule has 100 valence electrons. The van der Waals surface area contributed by atoms with Crippen LogP contribution in [0.2, 0.25) is 0 Å². The van der Waals surface area contributed by atoms with Gasteiger partial charge >= 0.3 is 0 Å². The third-order valence-electron chi connectivity index (χ3n) is 2.90. The highest BCUT2D eigenvalue weighted by atomic mass is 32.1. The molecule has 0 atom stereocenters. The summed E-state index contributed by atoms with van der Waals surface area (Å²) in [4.78, 5) is 18.8. The molecule has 0 unspecified atom stereocenters.